The summed E-state index contributed by atoms with van der Waals surface area (Å²) in [4.78, 5) is 23.5. The van der Waals surface area contributed by atoms with E-state index in [-0.39, 0.29) is 11.8 Å². The molecule has 1 N–H and O–H groups in total. The highest BCUT2D eigenvalue weighted by atomic mass is 16.5. The van der Waals surface area contributed by atoms with Gasteiger partial charge in [0.25, 0.3) is 0 Å². The molecule has 28 heavy (non-hydrogen) atoms. The fraction of sp³-hybridized carbons (Fsp3) is 0.300. The molecule has 0 bridgehead atoms. The summed E-state index contributed by atoms with van der Waals surface area (Å²) >= 11 is 0. The van der Waals surface area contributed by atoms with Crippen molar-refractivity contribution < 1.29 is 9.53 Å². The van der Waals surface area contributed by atoms with Crippen LogP contribution >= 0.6 is 0 Å². The van der Waals surface area contributed by atoms with Crippen LogP contribution in [0, 0.1) is 5.92 Å². The molecule has 1 atom stereocenters. The summed E-state index contributed by atoms with van der Waals surface area (Å²) in [5.74, 6) is 2.20. The highest BCUT2D eigenvalue weighted by Gasteiger charge is 2.27. The summed E-state index contributed by atoms with van der Waals surface area (Å²) in [6.07, 6.45) is 6.88. The van der Waals surface area contributed by atoms with Gasteiger partial charge in [0, 0.05) is 37.2 Å². The van der Waals surface area contributed by atoms with E-state index in [1.54, 1.807) is 18.0 Å². The Bertz CT molecular complexity index is 926. The molecule has 1 aliphatic heterocycles. The van der Waals surface area contributed by atoms with Crippen LogP contribution in [0.5, 0.6) is 5.75 Å². The van der Waals surface area contributed by atoms with Gasteiger partial charge in [0.05, 0.1) is 13.0 Å². The van der Waals surface area contributed by atoms with Crippen LogP contribution in [-0.2, 0) is 4.79 Å². The first-order valence-corrected chi connectivity index (χ1v) is 9.25. The molecule has 1 amide bonds. The molecule has 8 heteroatoms. The monoisotopic (exact) mass is 378 g/mol. The highest BCUT2D eigenvalue weighted by Crippen LogP contribution is 2.24. The lowest BCUT2D eigenvalue weighted by molar-refractivity contribution is -0.120. The van der Waals surface area contributed by atoms with E-state index in [9.17, 15) is 4.79 Å². The fourth-order valence-corrected chi connectivity index (χ4v) is 3.36. The van der Waals surface area contributed by atoms with Crippen molar-refractivity contribution in [3.63, 3.8) is 0 Å². The lowest BCUT2D eigenvalue weighted by Crippen LogP contribution is -2.41. The minimum atomic E-state index is -0.0982. The summed E-state index contributed by atoms with van der Waals surface area (Å²) < 4.78 is 6.85. The SMILES string of the molecule is COc1ccc(NC(=O)C2CCCN(c3cc(-n4cccn4)ncn3)C2)cc1. The zero-order valence-electron chi connectivity index (χ0n) is 15.7. The van der Waals surface area contributed by atoms with Crippen molar-refractivity contribution in [3.8, 4) is 11.6 Å². The summed E-state index contributed by atoms with van der Waals surface area (Å²) in [7, 11) is 1.62. The Kier molecular flexibility index (Phi) is 5.18. The smallest absolute Gasteiger partial charge is 0.229 e. The molecule has 1 unspecified atom stereocenters. The molecular weight excluding hydrogens is 356 g/mol. The molecule has 144 valence electrons. The van der Waals surface area contributed by atoms with E-state index in [1.807, 2.05) is 42.6 Å². The maximum atomic E-state index is 12.7. The second-order valence-electron chi connectivity index (χ2n) is 6.69. The van der Waals surface area contributed by atoms with Gasteiger partial charge in [0.2, 0.25) is 5.91 Å². The zero-order chi connectivity index (χ0) is 19.3. The summed E-state index contributed by atoms with van der Waals surface area (Å²) in [5.41, 5.74) is 0.769. The summed E-state index contributed by atoms with van der Waals surface area (Å²) in [5, 5.41) is 7.21. The molecule has 0 radical (unpaired) electrons. The Morgan fingerprint density at radius 2 is 2.04 bits per heavy atom. The van der Waals surface area contributed by atoms with Gasteiger partial charge in [-0.2, -0.15) is 5.10 Å². The van der Waals surface area contributed by atoms with Gasteiger partial charge in [-0.25, -0.2) is 14.6 Å². The normalized spacial score (nSPS) is 16.6. The first kappa shape index (κ1) is 18.0. The van der Waals surface area contributed by atoms with Crippen LogP contribution < -0.4 is 15.0 Å². The molecule has 0 aliphatic carbocycles. The molecule has 0 spiro atoms. The predicted octanol–water partition coefficient (Wildman–Crippen LogP) is 2.53. The Balaban J connectivity index is 1.44. The van der Waals surface area contributed by atoms with Gasteiger partial charge in [0.1, 0.15) is 17.9 Å². The van der Waals surface area contributed by atoms with E-state index in [0.717, 1.165) is 36.6 Å². The van der Waals surface area contributed by atoms with Crippen molar-refractivity contribution in [2.45, 2.75) is 12.8 Å². The lowest BCUT2D eigenvalue weighted by atomic mass is 9.97. The molecule has 1 aromatic carbocycles. The lowest BCUT2D eigenvalue weighted by Gasteiger charge is -2.32. The van der Waals surface area contributed by atoms with Crippen molar-refractivity contribution in [2.24, 2.45) is 5.92 Å². The average Bonchev–Trinajstić information content (AvgIpc) is 3.29. The first-order chi connectivity index (χ1) is 13.7. The number of methoxy groups -OCH3 is 1. The molecule has 3 aromatic rings. The topological polar surface area (TPSA) is 85.2 Å². The van der Waals surface area contributed by atoms with Crippen LogP contribution in [0.15, 0.2) is 55.1 Å². The number of nitrogens with zero attached hydrogens (tertiary/aromatic N) is 5. The Morgan fingerprint density at radius 3 is 2.79 bits per heavy atom. The maximum absolute atomic E-state index is 12.7. The minimum Gasteiger partial charge on any atom is -0.497 e. The first-order valence-electron chi connectivity index (χ1n) is 9.25. The van der Waals surface area contributed by atoms with Crippen molar-refractivity contribution in [1.29, 1.82) is 0 Å². The van der Waals surface area contributed by atoms with Crippen LogP contribution in [0.1, 0.15) is 12.8 Å². The number of nitrogens with one attached hydrogen (secondary N) is 1. The Morgan fingerprint density at radius 1 is 1.21 bits per heavy atom. The molecular formula is C20H22N6O2. The number of ether oxygens (including phenoxy) is 1. The molecule has 1 saturated heterocycles. The number of hydrogen-bond donors (Lipinski definition) is 1. The molecule has 1 fully saturated rings. The fourth-order valence-electron chi connectivity index (χ4n) is 3.36. The van der Waals surface area contributed by atoms with Crippen molar-refractivity contribution in [2.75, 3.05) is 30.4 Å². The number of piperidine rings is 1. The third kappa shape index (κ3) is 3.95. The molecule has 8 nitrogen and oxygen atoms in total. The molecule has 2 aromatic heterocycles. The number of amides is 1. The number of aromatic nitrogens is 4. The number of carbonyl (C=O) groups is 1. The zero-order valence-corrected chi connectivity index (χ0v) is 15.7. The Hall–Kier alpha value is -3.42. The average molecular weight is 378 g/mol. The van der Waals surface area contributed by atoms with Gasteiger partial charge in [0.15, 0.2) is 5.82 Å². The van der Waals surface area contributed by atoms with Crippen molar-refractivity contribution >= 4 is 17.4 Å². The van der Waals surface area contributed by atoms with Gasteiger partial charge >= 0.3 is 0 Å². The quantitative estimate of drug-likeness (QED) is 0.734. The summed E-state index contributed by atoms with van der Waals surface area (Å²) in [6, 6.07) is 11.1. The number of carbonyl (C=O) groups excluding carboxylic acids is 1. The number of hydrogen-bond acceptors (Lipinski definition) is 6. The van der Waals surface area contributed by atoms with Crippen LogP contribution in [0.3, 0.4) is 0 Å². The van der Waals surface area contributed by atoms with Gasteiger partial charge in [-0.15, -0.1) is 0 Å². The third-order valence-electron chi connectivity index (χ3n) is 4.85. The largest absolute Gasteiger partial charge is 0.497 e. The number of benzene rings is 1. The van der Waals surface area contributed by atoms with Gasteiger partial charge in [-0.1, -0.05) is 0 Å². The minimum absolute atomic E-state index is 0.0243. The standard InChI is InChI=1S/C20H22N6O2/c1-28-17-7-5-16(6-8-17)24-20(27)15-4-2-10-25(13-15)18-12-19(22-14-21-18)26-11-3-9-23-26/h3,5-9,11-12,14-15H,2,4,10,13H2,1H3,(H,24,27). The van der Waals surface area contributed by atoms with Crippen molar-refractivity contribution in [3.05, 3.63) is 55.1 Å². The predicted molar refractivity (Wildman–Crippen MR) is 106 cm³/mol. The second kappa shape index (κ2) is 8.08. The number of anilines is 2. The van der Waals surface area contributed by atoms with E-state index < -0.39 is 0 Å². The van der Waals surface area contributed by atoms with E-state index in [0.29, 0.717) is 12.4 Å². The third-order valence-corrected chi connectivity index (χ3v) is 4.85. The summed E-state index contributed by atoms with van der Waals surface area (Å²) in [6.45, 7) is 1.49. The van der Waals surface area contributed by atoms with Gasteiger partial charge < -0.3 is 15.0 Å². The van der Waals surface area contributed by atoms with Crippen LogP contribution in [-0.4, -0.2) is 45.9 Å². The molecule has 1 aliphatic rings. The molecule has 4 rings (SSSR count). The van der Waals surface area contributed by atoms with E-state index in [1.165, 1.54) is 6.33 Å². The van der Waals surface area contributed by atoms with Crippen LogP contribution in [0.4, 0.5) is 11.5 Å². The number of rotatable bonds is 5. The van der Waals surface area contributed by atoms with Crippen LogP contribution in [0.25, 0.3) is 5.82 Å². The van der Waals surface area contributed by atoms with Crippen LogP contribution in [0.2, 0.25) is 0 Å². The Labute approximate surface area is 163 Å². The van der Waals surface area contributed by atoms with Gasteiger partial charge in [-0.3, -0.25) is 4.79 Å². The van der Waals surface area contributed by atoms with E-state index in [2.05, 4.69) is 25.3 Å². The second-order valence-corrected chi connectivity index (χ2v) is 6.69. The molecule has 0 saturated carbocycles. The van der Waals surface area contributed by atoms with Gasteiger partial charge in [-0.05, 0) is 43.2 Å². The molecule has 3 heterocycles. The highest BCUT2D eigenvalue weighted by molar-refractivity contribution is 5.93. The van der Waals surface area contributed by atoms with E-state index in [4.69, 9.17) is 4.74 Å². The van der Waals surface area contributed by atoms with Crippen molar-refractivity contribution in [1.82, 2.24) is 19.7 Å². The van der Waals surface area contributed by atoms with E-state index >= 15 is 0 Å². The maximum Gasteiger partial charge on any atom is 0.229 e.